The fourth-order valence-corrected chi connectivity index (χ4v) is 5.01. The van der Waals surface area contributed by atoms with Gasteiger partial charge in [-0.2, -0.15) is 0 Å². The number of ether oxygens (including phenoxy) is 1. The van der Waals surface area contributed by atoms with E-state index in [1.54, 1.807) is 35.9 Å². The van der Waals surface area contributed by atoms with E-state index in [4.69, 9.17) is 9.72 Å². The van der Waals surface area contributed by atoms with Crippen LogP contribution in [-0.2, 0) is 28.3 Å². The van der Waals surface area contributed by atoms with E-state index in [2.05, 4.69) is 4.99 Å². The molecule has 0 spiro atoms. The predicted octanol–water partition coefficient (Wildman–Crippen LogP) is 3.74. The van der Waals surface area contributed by atoms with Crippen LogP contribution in [0.1, 0.15) is 35.6 Å². The minimum absolute atomic E-state index is 0.0255. The lowest BCUT2D eigenvalue weighted by molar-refractivity contribution is -0.384. The molecule has 6 rings (SSSR count). The molecule has 0 radical (unpaired) electrons. The summed E-state index contributed by atoms with van der Waals surface area (Å²) in [6.45, 7) is 1.69. The van der Waals surface area contributed by atoms with Crippen molar-refractivity contribution >= 4 is 34.5 Å². The van der Waals surface area contributed by atoms with Gasteiger partial charge in [-0.3, -0.25) is 19.9 Å². The van der Waals surface area contributed by atoms with Crippen LogP contribution in [0.25, 0.3) is 22.3 Å². The number of nitro benzene ring substituents is 1. The third-order valence-electron chi connectivity index (χ3n) is 7.04. The van der Waals surface area contributed by atoms with Crippen LogP contribution in [0, 0.1) is 10.1 Å². The maximum absolute atomic E-state index is 13.5. The van der Waals surface area contributed by atoms with Gasteiger partial charge in [0.2, 0.25) is 0 Å². The monoisotopic (exact) mass is 496 g/mol. The number of cyclic esters (lactones) is 1. The molecule has 0 unspecified atom stereocenters. The summed E-state index contributed by atoms with van der Waals surface area (Å²) in [5, 5.41) is 22.9. The van der Waals surface area contributed by atoms with Gasteiger partial charge in [0.1, 0.15) is 6.61 Å². The third-order valence-corrected chi connectivity index (χ3v) is 7.04. The smallest absolute Gasteiger partial charge is 0.343 e. The molecule has 1 atom stereocenters. The van der Waals surface area contributed by atoms with Gasteiger partial charge >= 0.3 is 5.97 Å². The zero-order valence-electron chi connectivity index (χ0n) is 19.7. The van der Waals surface area contributed by atoms with Crippen molar-refractivity contribution in [3.05, 3.63) is 97.3 Å². The van der Waals surface area contributed by atoms with E-state index >= 15 is 0 Å². The number of aliphatic imine (C=N–C) groups is 1. The van der Waals surface area contributed by atoms with Gasteiger partial charge in [-0.05, 0) is 30.7 Å². The first-order valence-corrected chi connectivity index (χ1v) is 11.7. The molecule has 2 aromatic carbocycles. The highest BCUT2D eigenvalue weighted by molar-refractivity contribution is 6.03. The van der Waals surface area contributed by atoms with E-state index in [1.807, 2.05) is 24.3 Å². The van der Waals surface area contributed by atoms with Crippen LogP contribution in [0.4, 0.5) is 11.4 Å². The average Bonchev–Trinajstić information content (AvgIpc) is 3.28. The van der Waals surface area contributed by atoms with Crippen molar-refractivity contribution in [2.45, 2.75) is 32.1 Å². The number of hydrogen-bond acceptors (Lipinski definition) is 8. The molecule has 10 heteroatoms. The van der Waals surface area contributed by atoms with Crippen molar-refractivity contribution < 1.29 is 19.6 Å². The Morgan fingerprint density at radius 3 is 2.68 bits per heavy atom. The molecular formula is C27H20N4O6. The lowest BCUT2D eigenvalue weighted by Crippen LogP contribution is -2.44. The molecule has 2 aromatic heterocycles. The summed E-state index contributed by atoms with van der Waals surface area (Å²) >= 11 is 0. The number of para-hydroxylation sites is 1. The number of aromatic nitrogens is 2. The van der Waals surface area contributed by atoms with E-state index < -0.39 is 16.5 Å². The number of benzene rings is 2. The van der Waals surface area contributed by atoms with Gasteiger partial charge in [0.25, 0.3) is 11.2 Å². The molecule has 184 valence electrons. The standard InChI is InChI=1S/C27H20N4O6/c1-2-27(34)21-11-23-24-19(13-30(23)25(32)20(21)14-37-26(27)33)18(17-5-3-4-6-22(17)29-24)12-28-15-7-9-16(10-8-15)31(35)36/h3-12,34H,2,13-14H2,1H3/t27-/m0/s1. The second-order valence-electron chi connectivity index (χ2n) is 9.00. The molecule has 4 heterocycles. The van der Waals surface area contributed by atoms with E-state index in [-0.39, 0.29) is 41.9 Å². The lowest BCUT2D eigenvalue weighted by Gasteiger charge is -2.31. The Kier molecular flexibility index (Phi) is 5.02. The summed E-state index contributed by atoms with van der Waals surface area (Å²) in [6.07, 6.45) is 1.74. The van der Waals surface area contributed by atoms with Gasteiger partial charge < -0.3 is 14.4 Å². The summed E-state index contributed by atoms with van der Waals surface area (Å²) < 4.78 is 6.72. The Morgan fingerprint density at radius 1 is 1.19 bits per heavy atom. The van der Waals surface area contributed by atoms with Gasteiger partial charge in [0.05, 0.1) is 39.6 Å². The predicted molar refractivity (Wildman–Crippen MR) is 135 cm³/mol. The van der Waals surface area contributed by atoms with Crippen molar-refractivity contribution in [2.75, 3.05) is 0 Å². The molecule has 1 N–H and O–H groups in total. The normalized spacial score (nSPS) is 17.9. The van der Waals surface area contributed by atoms with Gasteiger partial charge in [-0.1, -0.05) is 25.1 Å². The first kappa shape index (κ1) is 22.7. The van der Waals surface area contributed by atoms with Crippen LogP contribution < -0.4 is 5.56 Å². The number of carbonyl (C=O) groups excluding carboxylic acids is 1. The van der Waals surface area contributed by atoms with E-state index in [9.17, 15) is 24.8 Å². The summed E-state index contributed by atoms with van der Waals surface area (Å²) in [5.41, 5.74) is 2.09. The van der Waals surface area contributed by atoms with Crippen LogP contribution in [0.15, 0.2) is 64.4 Å². The largest absolute Gasteiger partial charge is 0.458 e. The fourth-order valence-electron chi connectivity index (χ4n) is 5.01. The number of non-ortho nitro benzene ring substituents is 1. The minimum atomic E-state index is -1.90. The SMILES string of the molecule is CC[C@@]1(O)C(=O)OCc2c1cc1n(c2=O)Cc2c-1nc1ccccc1c2C=Nc1ccc([N+](=O)[O-])cc1. The topological polar surface area (TPSA) is 137 Å². The number of nitrogens with zero attached hydrogens (tertiary/aromatic N) is 4. The molecule has 0 bridgehead atoms. The molecule has 2 aliphatic heterocycles. The molecule has 2 aliphatic rings. The third kappa shape index (κ3) is 3.37. The van der Waals surface area contributed by atoms with Crippen LogP contribution in [-0.4, -0.2) is 31.8 Å². The molecule has 0 fully saturated rings. The molecule has 4 aromatic rings. The highest BCUT2D eigenvalue weighted by Gasteiger charge is 2.45. The van der Waals surface area contributed by atoms with Crippen LogP contribution in [0.2, 0.25) is 0 Å². The Morgan fingerprint density at radius 2 is 1.95 bits per heavy atom. The number of nitro groups is 1. The number of fused-ring (bicyclic) bond motifs is 5. The summed E-state index contributed by atoms with van der Waals surface area (Å²) in [6, 6.07) is 15.1. The molecular weight excluding hydrogens is 476 g/mol. The maximum Gasteiger partial charge on any atom is 0.343 e. The van der Waals surface area contributed by atoms with Gasteiger partial charge in [-0.25, -0.2) is 9.78 Å². The second kappa shape index (κ2) is 8.17. The van der Waals surface area contributed by atoms with Gasteiger partial charge in [0, 0.05) is 40.4 Å². The quantitative estimate of drug-likeness (QED) is 0.173. The Bertz CT molecular complexity index is 1720. The average molecular weight is 496 g/mol. The Balaban J connectivity index is 1.54. The van der Waals surface area contributed by atoms with Crippen LogP contribution >= 0.6 is 0 Å². The van der Waals surface area contributed by atoms with E-state index in [0.717, 1.165) is 16.5 Å². The minimum Gasteiger partial charge on any atom is -0.458 e. The number of hydrogen-bond donors (Lipinski definition) is 1. The number of rotatable bonds is 4. The van der Waals surface area contributed by atoms with Crippen molar-refractivity contribution in [3.63, 3.8) is 0 Å². The zero-order chi connectivity index (χ0) is 25.9. The fraction of sp³-hybridized carbons (Fsp3) is 0.185. The molecule has 0 saturated heterocycles. The lowest BCUT2D eigenvalue weighted by atomic mass is 9.86. The zero-order valence-corrected chi connectivity index (χ0v) is 19.7. The second-order valence-corrected chi connectivity index (χ2v) is 9.00. The highest BCUT2D eigenvalue weighted by atomic mass is 16.6. The van der Waals surface area contributed by atoms with E-state index in [1.165, 1.54) is 12.1 Å². The van der Waals surface area contributed by atoms with Crippen molar-refractivity contribution in [3.8, 4) is 11.4 Å². The molecule has 37 heavy (non-hydrogen) atoms. The molecule has 0 aliphatic carbocycles. The first-order chi connectivity index (χ1) is 17.8. The summed E-state index contributed by atoms with van der Waals surface area (Å²) in [7, 11) is 0. The van der Waals surface area contributed by atoms with Crippen molar-refractivity contribution in [1.29, 1.82) is 0 Å². The number of carbonyl (C=O) groups is 1. The van der Waals surface area contributed by atoms with Gasteiger partial charge in [0.15, 0.2) is 5.60 Å². The maximum atomic E-state index is 13.5. The number of pyridine rings is 2. The number of esters is 1. The first-order valence-electron chi connectivity index (χ1n) is 11.7. The van der Waals surface area contributed by atoms with Crippen molar-refractivity contribution in [2.24, 2.45) is 4.99 Å². The highest BCUT2D eigenvalue weighted by Crippen LogP contribution is 2.40. The summed E-state index contributed by atoms with van der Waals surface area (Å²) in [5.74, 6) is -0.771. The number of aliphatic hydroxyl groups is 1. The van der Waals surface area contributed by atoms with Crippen molar-refractivity contribution in [1.82, 2.24) is 9.55 Å². The van der Waals surface area contributed by atoms with Crippen LogP contribution in [0.5, 0.6) is 0 Å². The van der Waals surface area contributed by atoms with E-state index in [0.29, 0.717) is 22.6 Å². The molecule has 10 nitrogen and oxygen atoms in total. The Hall–Kier alpha value is -4.70. The summed E-state index contributed by atoms with van der Waals surface area (Å²) in [4.78, 5) is 45.8. The van der Waals surface area contributed by atoms with Gasteiger partial charge in [-0.15, -0.1) is 0 Å². The Labute approximate surface area is 209 Å². The molecule has 0 amide bonds. The molecule has 0 saturated carbocycles. The van der Waals surface area contributed by atoms with Crippen LogP contribution in [0.3, 0.4) is 0 Å².